The molecule has 248 valence electrons. The molecule has 0 aliphatic rings. The van der Waals surface area contributed by atoms with Crippen LogP contribution in [0, 0.1) is 6.92 Å². The highest BCUT2D eigenvalue weighted by atomic mass is 28.3. The number of para-hydroxylation sites is 1. The van der Waals surface area contributed by atoms with Gasteiger partial charge in [-0.05, 0) is 69.2 Å². The molecule has 11 heteroatoms. The second-order valence-electron chi connectivity index (χ2n) is 13.6. The van der Waals surface area contributed by atoms with Gasteiger partial charge in [0, 0.05) is 32.5 Å². The van der Waals surface area contributed by atoms with Crippen LogP contribution in [-0.4, -0.2) is 64.7 Å². The Bertz CT molecular complexity index is 1770. The maximum atomic E-state index is 13.7. The fraction of sp³-hybridized carbons (Fsp3) is 0.333. The van der Waals surface area contributed by atoms with E-state index in [1.165, 1.54) is 15.7 Å². The Balaban J connectivity index is 1.63. The smallest absolute Gasteiger partial charge is 0.419 e. The van der Waals surface area contributed by atoms with Gasteiger partial charge < -0.3 is 14.8 Å². The monoisotopic (exact) mass is 655 g/mol. The Labute approximate surface area is 277 Å². The van der Waals surface area contributed by atoms with Gasteiger partial charge in [-0.15, -0.1) is 0 Å². The lowest BCUT2D eigenvalue weighted by atomic mass is 10.1. The first kappa shape index (κ1) is 35.1. The molecular formula is C36H45N5O5Si. The number of carbonyl (C=O) groups excluding carboxylic acids is 3. The van der Waals surface area contributed by atoms with E-state index in [0.717, 1.165) is 22.6 Å². The number of aryl methyl sites for hydroxylation is 1. The average molecular weight is 656 g/mol. The van der Waals surface area contributed by atoms with Crippen molar-refractivity contribution in [3.63, 3.8) is 0 Å². The first-order chi connectivity index (χ1) is 22.2. The number of rotatable bonds is 13. The van der Waals surface area contributed by atoms with E-state index in [-0.39, 0.29) is 12.3 Å². The summed E-state index contributed by atoms with van der Waals surface area (Å²) in [6, 6.07) is 18.3. The van der Waals surface area contributed by atoms with Gasteiger partial charge >= 0.3 is 6.09 Å². The molecule has 2 aromatic heterocycles. The van der Waals surface area contributed by atoms with Crippen molar-refractivity contribution in [1.82, 2.24) is 19.2 Å². The van der Waals surface area contributed by atoms with Crippen LogP contribution in [0.15, 0.2) is 84.8 Å². The molecule has 0 saturated heterocycles. The molecule has 2 heterocycles. The minimum atomic E-state index is -1.32. The van der Waals surface area contributed by atoms with Crippen molar-refractivity contribution < 1.29 is 23.9 Å². The Morgan fingerprint density at radius 3 is 2.49 bits per heavy atom. The van der Waals surface area contributed by atoms with Crippen molar-refractivity contribution in [2.45, 2.75) is 65.5 Å². The molecule has 0 radical (unpaired) electrons. The van der Waals surface area contributed by atoms with E-state index in [0.29, 0.717) is 36.5 Å². The van der Waals surface area contributed by atoms with Crippen LogP contribution in [0.25, 0.3) is 17.0 Å². The van der Waals surface area contributed by atoms with Gasteiger partial charge in [0.15, 0.2) is 0 Å². The number of carbonyl (C=O) groups is 3. The number of benzene rings is 2. The molecule has 4 rings (SSSR count). The van der Waals surface area contributed by atoms with Gasteiger partial charge in [-0.25, -0.2) is 9.36 Å². The molecule has 47 heavy (non-hydrogen) atoms. The molecule has 0 fully saturated rings. The minimum absolute atomic E-state index is 0.00880. The van der Waals surface area contributed by atoms with E-state index in [4.69, 9.17) is 9.47 Å². The summed E-state index contributed by atoms with van der Waals surface area (Å²) < 4.78 is 14.7. The lowest BCUT2D eigenvalue weighted by Gasteiger charge is -2.20. The first-order valence-corrected chi connectivity index (χ1v) is 19.3. The number of aromatic nitrogens is 3. The average Bonchev–Trinajstić information content (AvgIpc) is 3.59. The van der Waals surface area contributed by atoms with E-state index >= 15 is 0 Å². The second kappa shape index (κ2) is 15.2. The van der Waals surface area contributed by atoms with Crippen LogP contribution < -0.4 is 5.32 Å². The van der Waals surface area contributed by atoms with Crippen molar-refractivity contribution in [3.8, 4) is 0 Å². The zero-order valence-electron chi connectivity index (χ0n) is 28.3. The molecular weight excluding hydrogens is 611 g/mol. The summed E-state index contributed by atoms with van der Waals surface area (Å²) in [7, 11) is -1.32. The van der Waals surface area contributed by atoms with Crippen LogP contribution >= 0.6 is 0 Å². The lowest BCUT2D eigenvalue weighted by Crippen LogP contribution is -2.27. The summed E-state index contributed by atoms with van der Waals surface area (Å²) in [5, 5.41) is 8.14. The van der Waals surface area contributed by atoms with Crippen LogP contribution in [-0.2, 0) is 25.6 Å². The van der Waals surface area contributed by atoms with Gasteiger partial charge in [0.05, 0.1) is 35.2 Å². The number of fused-ring (bicyclic) bond motifs is 1. The highest BCUT2D eigenvalue weighted by molar-refractivity contribution is 6.76. The molecule has 0 aliphatic heterocycles. The zero-order chi connectivity index (χ0) is 34.2. The quantitative estimate of drug-likeness (QED) is 0.0405. The van der Waals surface area contributed by atoms with Gasteiger partial charge in [0.2, 0.25) is 6.41 Å². The molecule has 0 aliphatic carbocycles. The largest absolute Gasteiger partial charge is 0.443 e. The Kier molecular flexibility index (Phi) is 11.4. The van der Waals surface area contributed by atoms with Crippen molar-refractivity contribution in [3.05, 3.63) is 102 Å². The molecule has 0 unspecified atom stereocenters. The third kappa shape index (κ3) is 10.4. The summed E-state index contributed by atoms with van der Waals surface area (Å²) >= 11 is 0. The fourth-order valence-electron chi connectivity index (χ4n) is 4.67. The van der Waals surface area contributed by atoms with E-state index in [1.54, 1.807) is 50.0 Å². The summed E-state index contributed by atoms with van der Waals surface area (Å²) in [5.41, 5.74) is 3.39. The number of amides is 2. The van der Waals surface area contributed by atoms with Crippen molar-refractivity contribution >= 4 is 49.2 Å². The summed E-state index contributed by atoms with van der Waals surface area (Å²) in [4.78, 5) is 40.4. The summed E-state index contributed by atoms with van der Waals surface area (Å²) in [5.74, 6) is -0.467. The summed E-state index contributed by atoms with van der Waals surface area (Å²) in [6.07, 6.45) is 8.07. The SMILES string of the molecule is Cc1ccccc1Cn1cc(NC(=O)C(/C=C/c2cc3ccccc3n2C(=O)OC(C)(C)C)=C/N(C=O)COCC[Si](C)(C)C)cn1. The topological polar surface area (TPSA) is 108 Å². The first-order valence-electron chi connectivity index (χ1n) is 15.6. The number of nitrogens with zero attached hydrogens (tertiary/aromatic N) is 4. The predicted octanol–water partition coefficient (Wildman–Crippen LogP) is 7.28. The summed E-state index contributed by atoms with van der Waals surface area (Å²) in [6.45, 7) is 15.3. The Morgan fingerprint density at radius 2 is 1.79 bits per heavy atom. The van der Waals surface area contributed by atoms with Gasteiger partial charge in [-0.1, -0.05) is 62.1 Å². The molecule has 2 amide bonds. The molecule has 0 saturated carbocycles. The van der Waals surface area contributed by atoms with Crippen molar-refractivity contribution in [2.24, 2.45) is 0 Å². The highest BCUT2D eigenvalue weighted by Crippen LogP contribution is 2.24. The van der Waals surface area contributed by atoms with Crippen LogP contribution in [0.4, 0.5) is 10.5 Å². The number of hydrogen-bond acceptors (Lipinski definition) is 6. The Morgan fingerprint density at radius 1 is 1.06 bits per heavy atom. The number of hydrogen-bond donors (Lipinski definition) is 1. The predicted molar refractivity (Wildman–Crippen MR) is 189 cm³/mol. The normalized spacial score (nSPS) is 12.4. The molecule has 0 spiro atoms. The van der Waals surface area contributed by atoms with E-state index in [9.17, 15) is 14.4 Å². The van der Waals surface area contributed by atoms with Crippen molar-refractivity contribution in [2.75, 3.05) is 18.7 Å². The molecule has 10 nitrogen and oxygen atoms in total. The molecule has 4 aromatic rings. The fourth-order valence-corrected chi connectivity index (χ4v) is 5.42. The molecule has 0 bridgehead atoms. The number of anilines is 1. The maximum absolute atomic E-state index is 13.7. The van der Waals surface area contributed by atoms with Crippen molar-refractivity contribution in [1.29, 1.82) is 0 Å². The molecule has 2 aromatic carbocycles. The van der Waals surface area contributed by atoms with Gasteiger partial charge in [-0.3, -0.25) is 19.2 Å². The van der Waals surface area contributed by atoms with Gasteiger partial charge in [0.25, 0.3) is 5.91 Å². The van der Waals surface area contributed by atoms with E-state index < -0.39 is 25.7 Å². The van der Waals surface area contributed by atoms with Crippen LogP contribution in [0.1, 0.15) is 37.6 Å². The third-order valence-electron chi connectivity index (χ3n) is 7.17. The maximum Gasteiger partial charge on any atom is 0.419 e. The second-order valence-corrected chi connectivity index (χ2v) is 19.3. The van der Waals surface area contributed by atoms with Crippen LogP contribution in [0.5, 0.6) is 0 Å². The van der Waals surface area contributed by atoms with E-state index in [1.807, 2.05) is 61.5 Å². The highest BCUT2D eigenvalue weighted by Gasteiger charge is 2.22. The van der Waals surface area contributed by atoms with Gasteiger partial charge in [-0.2, -0.15) is 5.10 Å². The lowest BCUT2D eigenvalue weighted by molar-refractivity contribution is -0.119. The third-order valence-corrected chi connectivity index (χ3v) is 8.88. The number of ether oxygens (including phenoxy) is 2. The zero-order valence-corrected chi connectivity index (χ0v) is 29.3. The standard InChI is InChI=1S/C36H45N5O5Si/c1-27-12-8-9-14-29(27)23-40-24-31(21-37-40)38-34(43)30(22-39(25-42)26-45-18-19-47(5,6)7)16-17-32-20-28-13-10-11-15-33(28)41(32)35(44)46-36(2,3)4/h8-17,20-22,24-25H,18-19,23,26H2,1-7H3,(H,38,43)/b17-16+,30-22+. The van der Waals surface area contributed by atoms with Crippen LogP contribution in [0.3, 0.4) is 0 Å². The molecule has 0 atom stereocenters. The van der Waals surface area contributed by atoms with Gasteiger partial charge in [0.1, 0.15) is 12.3 Å². The minimum Gasteiger partial charge on any atom is -0.443 e. The number of nitrogens with one attached hydrogen (secondary N) is 1. The Hall–Kier alpha value is -4.74. The van der Waals surface area contributed by atoms with Crippen LogP contribution in [0.2, 0.25) is 25.7 Å². The molecule has 1 N–H and O–H groups in total. The van der Waals surface area contributed by atoms with E-state index in [2.05, 4.69) is 30.1 Å².